The summed E-state index contributed by atoms with van der Waals surface area (Å²) in [5.74, 6) is 0. The molecule has 0 spiro atoms. The molecule has 0 bridgehead atoms. The molecule has 0 saturated heterocycles. The van der Waals surface area contributed by atoms with Crippen LogP contribution in [-0.4, -0.2) is 6.04 Å². The Kier molecular flexibility index (Phi) is 2.49. The van der Waals surface area contributed by atoms with E-state index < -0.39 is 0 Å². The summed E-state index contributed by atoms with van der Waals surface area (Å²) in [6, 6.07) is -0.0185. The normalized spacial score (nSPS) is 9.50. The Hall–Kier alpha value is -0.560. The van der Waals surface area contributed by atoms with Crippen LogP contribution in [0.1, 0.15) is 13.8 Å². The molecule has 0 aliphatic rings. The summed E-state index contributed by atoms with van der Waals surface area (Å²) in [5, 5.41) is 0. The van der Waals surface area contributed by atoms with Gasteiger partial charge in [-0.05, 0) is 13.8 Å². The maximum absolute atomic E-state index is 5.56. The van der Waals surface area contributed by atoms with Crippen molar-refractivity contribution < 1.29 is 0 Å². The highest BCUT2D eigenvalue weighted by atomic mass is 14.6. The van der Waals surface area contributed by atoms with E-state index in [1.807, 2.05) is 13.8 Å². The third kappa shape index (κ3) is 1.94. The average molecular weight is 111 g/mol. The minimum Gasteiger partial charge on any atom is -0.321 e. The first-order chi connectivity index (χ1) is 3.55. The van der Waals surface area contributed by atoms with Crippen molar-refractivity contribution in [2.24, 2.45) is 5.73 Å². The van der Waals surface area contributed by atoms with E-state index in [4.69, 9.17) is 5.73 Å². The fraction of sp³-hybridized carbons (Fsp3) is 0.429. The summed E-state index contributed by atoms with van der Waals surface area (Å²) in [7, 11) is 0. The molecule has 0 aromatic carbocycles. The second-order valence-corrected chi connectivity index (χ2v) is 2.17. The largest absolute Gasteiger partial charge is 0.321 e. The van der Waals surface area contributed by atoms with Gasteiger partial charge in [0.1, 0.15) is 0 Å². The van der Waals surface area contributed by atoms with Gasteiger partial charge < -0.3 is 5.73 Å². The van der Waals surface area contributed by atoms with Crippen LogP contribution in [0.25, 0.3) is 0 Å². The maximum Gasteiger partial charge on any atom is 0.0459 e. The Balaban J connectivity index is 3.83. The first kappa shape index (κ1) is 7.44. The molecule has 0 saturated carbocycles. The van der Waals surface area contributed by atoms with Gasteiger partial charge in [-0.2, -0.15) is 0 Å². The van der Waals surface area contributed by atoms with Gasteiger partial charge in [0.15, 0.2) is 0 Å². The van der Waals surface area contributed by atoms with E-state index in [9.17, 15) is 0 Å². The van der Waals surface area contributed by atoms with E-state index in [2.05, 4.69) is 13.2 Å². The fourth-order valence-electron chi connectivity index (χ4n) is 0.421. The van der Waals surface area contributed by atoms with E-state index in [1.165, 1.54) is 0 Å². The molecule has 0 radical (unpaired) electrons. The fourth-order valence-corrected chi connectivity index (χ4v) is 0.421. The summed E-state index contributed by atoms with van der Waals surface area (Å²) in [4.78, 5) is 0. The average Bonchev–Trinajstić information content (AvgIpc) is 1.64. The van der Waals surface area contributed by atoms with Crippen LogP contribution in [0.2, 0.25) is 0 Å². The van der Waals surface area contributed by atoms with Crippen LogP contribution in [0.3, 0.4) is 0 Å². The van der Waals surface area contributed by atoms with Gasteiger partial charge in [0, 0.05) is 6.04 Å². The zero-order valence-electron chi connectivity index (χ0n) is 5.57. The highest BCUT2D eigenvalue weighted by Gasteiger charge is 2.00. The Morgan fingerprint density at radius 2 is 1.50 bits per heavy atom. The lowest BCUT2D eigenvalue weighted by molar-refractivity contribution is 0.895. The van der Waals surface area contributed by atoms with Crippen molar-refractivity contribution in [2.45, 2.75) is 19.9 Å². The highest BCUT2D eigenvalue weighted by molar-refractivity contribution is 5.16. The van der Waals surface area contributed by atoms with Crippen LogP contribution in [0.15, 0.2) is 24.3 Å². The van der Waals surface area contributed by atoms with Crippen LogP contribution in [0, 0.1) is 0 Å². The Morgan fingerprint density at radius 1 is 1.25 bits per heavy atom. The Labute approximate surface area is 50.9 Å². The van der Waals surface area contributed by atoms with E-state index >= 15 is 0 Å². The molecule has 0 aliphatic heterocycles. The summed E-state index contributed by atoms with van der Waals surface area (Å²) >= 11 is 0. The van der Waals surface area contributed by atoms with Crippen LogP contribution < -0.4 is 5.73 Å². The molecule has 0 aliphatic carbocycles. The minimum atomic E-state index is -0.0185. The van der Waals surface area contributed by atoms with Crippen molar-refractivity contribution in [3.63, 3.8) is 0 Å². The van der Waals surface area contributed by atoms with E-state index in [-0.39, 0.29) is 6.04 Å². The molecular formula is C7H13N. The minimum absolute atomic E-state index is 0.0185. The molecule has 2 N–H and O–H groups in total. The van der Waals surface area contributed by atoms with Gasteiger partial charge >= 0.3 is 0 Å². The quantitative estimate of drug-likeness (QED) is 0.536. The molecule has 0 unspecified atom stereocenters. The molecular weight excluding hydrogens is 98.1 g/mol. The Bertz CT molecular complexity index is 99.6. The number of hydrogen-bond donors (Lipinski definition) is 1. The second kappa shape index (κ2) is 2.68. The van der Waals surface area contributed by atoms with E-state index in [0.29, 0.717) is 0 Å². The first-order valence-corrected chi connectivity index (χ1v) is 2.62. The van der Waals surface area contributed by atoms with Crippen molar-refractivity contribution in [1.82, 2.24) is 0 Å². The summed E-state index contributed by atoms with van der Waals surface area (Å²) in [6.07, 6.45) is 0. The molecule has 1 nitrogen and oxygen atoms in total. The SMILES string of the molecule is C=C(C)C(N)C(=C)C. The molecule has 0 fully saturated rings. The molecule has 0 heterocycles. The van der Waals surface area contributed by atoms with Crippen molar-refractivity contribution in [3.8, 4) is 0 Å². The lowest BCUT2D eigenvalue weighted by Crippen LogP contribution is -2.21. The van der Waals surface area contributed by atoms with E-state index in [0.717, 1.165) is 11.1 Å². The number of nitrogens with two attached hydrogens (primary N) is 1. The van der Waals surface area contributed by atoms with Gasteiger partial charge in [0.25, 0.3) is 0 Å². The lowest BCUT2D eigenvalue weighted by atomic mass is 10.1. The van der Waals surface area contributed by atoms with Crippen LogP contribution in [0.5, 0.6) is 0 Å². The molecule has 0 amide bonds. The second-order valence-electron chi connectivity index (χ2n) is 2.17. The van der Waals surface area contributed by atoms with Crippen molar-refractivity contribution in [2.75, 3.05) is 0 Å². The standard InChI is InChI=1S/C7H13N/c1-5(2)7(8)6(3)4/h7H,1,3,8H2,2,4H3. The van der Waals surface area contributed by atoms with Gasteiger partial charge in [-0.3, -0.25) is 0 Å². The Morgan fingerprint density at radius 3 is 1.50 bits per heavy atom. The van der Waals surface area contributed by atoms with Gasteiger partial charge in [0.05, 0.1) is 0 Å². The first-order valence-electron chi connectivity index (χ1n) is 2.62. The van der Waals surface area contributed by atoms with Crippen LogP contribution in [-0.2, 0) is 0 Å². The summed E-state index contributed by atoms with van der Waals surface area (Å²) in [6.45, 7) is 11.2. The van der Waals surface area contributed by atoms with Crippen LogP contribution >= 0.6 is 0 Å². The summed E-state index contributed by atoms with van der Waals surface area (Å²) < 4.78 is 0. The number of hydrogen-bond acceptors (Lipinski definition) is 1. The lowest BCUT2D eigenvalue weighted by Gasteiger charge is -2.08. The van der Waals surface area contributed by atoms with Gasteiger partial charge in [-0.15, -0.1) is 0 Å². The maximum atomic E-state index is 5.56. The zero-order valence-corrected chi connectivity index (χ0v) is 5.57. The van der Waals surface area contributed by atoms with Crippen LogP contribution in [0.4, 0.5) is 0 Å². The monoisotopic (exact) mass is 111 g/mol. The van der Waals surface area contributed by atoms with Gasteiger partial charge in [0.2, 0.25) is 0 Å². The zero-order chi connectivity index (χ0) is 6.73. The van der Waals surface area contributed by atoms with Crippen molar-refractivity contribution in [3.05, 3.63) is 24.3 Å². The van der Waals surface area contributed by atoms with Crippen molar-refractivity contribution in [1.29, 1.82) is 0 Å². The van der Waals surface area contributed by atoms with E-state index in [1.54, 1.807) is 0 Å². The van der Waals surface area contributed by atoms with Crippen molar-refractivity contribution >= 4 is 0 Å². The molecule has 0 aromatic heterocycles. The molecule has 1 heteroatoms. The third-order valence-corrected chi connectivity index (χ3v) is 1.06. The molecule has 0 atom stereocenters. The predicted molar refractivity (Wildman–Crippen MR) is 37.6 cm³/mol. The highest BCUT2D eigenvalue weighted by Crippen LogP contribution is 2.02. The smallest absolute Gasteiger partial charge is 0.0459 e. The molecule has 8 heavy (non-hydrogen) atoms. The summed E-state index contributed by atoms with van der Waals surface area (Å²) in [5.41, 5.74) is 7.50. The molecule has 0 aromatic rings. The third-order valence-electron chi connectivity index (χ3n) is 1.06. The molecule has 0 rings (SSSR count). The predicted octanol–water partition coefficient (Wildman–Crippen LogP) is 1.47. The topological polar surface area (TPSA) is 26.0 Å². The molecule has 46 valence electrons. The number of rotatable bonds is 2. The van der Waals surface area contributed by atoms with Gasteiger partial charge in [-0.25, -0.2) is 0 Å². The van der Waals surface area contributed by atoms with Gasteiger partial charge in [-0.1, -0.05) is 24.3 Å².